The molecule has 0 N–H and O–H groups in total. The van der Waals surface area contributed by atoms with Crippen LogP contribution in [0, 0.1) is 0 Å². The molecule has 2 aromatic rings. The number of esters is 1. The Balaban J connectivity index is 2.03. The van der Waals surface area contributed by atoms with Gasteiger partial charge in [-0.2, -0.15) is 114 Å². The van der Waals surface area contributed by atoms with E-state index in [1.54, 1.807) is 0 Å². The number of alkyl halides is 26. The predicted octanol–water partition coefficient (Wildman–Crippen LogP) is 13.3. The molecule has 0 aliphatic heterocycles. The molecule has 0 unspecified atom stereocenters. The van der Waals surface area contributed by atoms with Crippen molar-refractivity contribution < 1.29 is 124 Å². The zero-order valence-electron chi connectivity index (χ0n) is 27.4. The van der Waals surface area contributed by atoms with Gasteiger partial charge in [-0.1, -0.05) is 0 Å². The molecular formula is C29H16F26O2S2. The largest absolute Gasteiger partial charge is 0.460 e. The van der Waals surface area contributed by atoms with Crippen molar-refractivity contribution in [2.45, 2.75) is 94.2 Å². The smallest absolute Gasteiger partial charge is 0.423 e. The minimum atomic E-state index is -8.06. The molecule has 2 aromatic carbocycles. The lowest BCUT2D eigenvalue weighted by Crippen LogP contribution is -2.70. The summed E-state index contributed by atoms with van der Waals surface area (Å²) in [4.78, 5) is 11.9. The zero-order chi connectivity index (χ0) is 46.5. The van der Waals surface area contributed by atoms with Crippen molar-refractivity contribution in [3.05, 3.63) is 54.1 Å². The number of hydrogen-bond donors (Lipinski definition) is 0. The summed E-state index contributed by atoms with van der Waals surface area (Å²) in [6, 6.07) is 6.80. The summed E-state index contributed by atoms with van der Waals surface area (Å²) < 4.78 is 349. The summed E-state index contributed by atoms with van der Waals surface area (Å²) >= 11 is 0.155. The first-order valence-electron chi connectivity index (χ1n) is 14.6. The van der Waals surface area contributed by atoms with E-state index in [0.717, 1.165) is 48.5 Å². The number of hydrogen-bond acceptors (Lipinski definition) is 4. The Morgan fingerprint density at radius 3 is 0.949 bits per heavy atom. The summed E-state index contributed by atoms with van der Waals surface area (Å²) in [6.07, 6.45) is -20.2. The van der Waals surface area contributed by atoms with E-state index in [-0.39, 0.29) is 33.3 Å². The minimum absolute atomic E-state index is 0.0721. The molecule has 0 saturated carbocycles. The van der Waals surface area contributed by atoms with E-state index in [1.807, 2.05) is 0 Å². The number of carbonyl (C=O) groups is 1. The Morgan fingerprint density at radius 2 is 0.661 bits per heavy atom. The number of thioether (sulfide) groups is 2. The van der Waals surface area contributed by atoms with Crippen molar-refractivity contribution in [1.82, 2.24) is 0 Å². The van der Waals surface area contributed by atoms with Gasteiger partial charge in [-0.05, 0) is 48.5 Å². The zero-order valence-corrected chi connectivity index (χ0v) is 29.0. The first kappa shape index (κ1) is 51.9. The van der Waals surface area contributed by atoms with Gasteiger partial charge in [0.2, 0.25) is 0 Å². The van der Waals surface area contributed by atoms with Crippen molar-refractivity contribution in [3.63, 3.8) is 0 Å². The van der Waals surface area contributed by atoms with E-state index in [1.165, 1.54) is 0 Å². The minimum Gasteiger partial charge on any atom is -0.423 e. The molecule has 0 aliphatic carbocycles. The molecule has 0 aromatic heterocycles. The third-order valence-corrected chi connectivity index (χ3v) is 9.52. The van der Waals surface area contributed by atoms with Crippen LogP contribution in [-0.2, 0) is 0 Å². The van der Waals surface area contributed by atoms with E-state index in [9.17, 15) is 119 Å². The van der Waals surface area contributed by atoms with Crippen LogP contribution in [-0.4, -0.2) is 89.1 Å². The van der Waals surface area contributed by atoms with Gasteiger partial charge in [-0.25, -0.2) is 4.79 Å². The molecule has 0 saturated heterocycles. The second-order valence-corrected chi connectivity index (χ2v) is 13.9. The number of carbonyl (C=O) groups excluding carboxylic acids is 1. The van der Waals surface area contributed by atoms with Crippen LogP contribution in [0.5, 0.6) is 5.75 Å². The fourth-order valence-corrected chi connectivity index (χ4v) is 5.81. The van der Waals surface area contributed by atoms with Gasteiger partial charge in [0, 0.05) is 34.1 Å². The number of halogens is 26. The molecule has 59 heavy (non-hydrogen) atoms. The molecule has 0 radical (unpaired) electrons. The molecule has 0 bridgehead atoms. The van der Waals surface area contributed by atoms with Crippen molar-refractivity contribution in [3.8, 4) is 5.75 Å². The van der Waals surface area contributed by atoms with Gasteiger partial charge in [0.15, 0.2) is 0 Å². The van der Waals surface area contributed by atoms with Crippen LogP contribution in [0.4, 0.5) is 114 Å². The average Bonchev–Trinajstić information content (AvgIpc) is 3.07. The maximum Gasteiger partial charge on any atom is 0.460 e. The SMILES string of the molecule is O=C(Oc1ccc(SCCC(F)(F)C(F)(F)C(F)(F)C(F)(F)C(F)(F)C(F)(F)F)cc1)c1ccc(SCCC(F)(F)C(F)(F)C(F)(F)C(F)(F)C(F)(F)C(F)(F)F)cc1. The van der Waals surface area contributed by atoms with Crippen LogP contribution in [0.15, 0.2) is 58.3 Å². The van der Waals surface area contributed by atoms with Crippen molar-refractivity contribution in [1.29, 1.82) is 0 Å². The Hall–Kier alpha value is -3.21. The predicted molar refractivity (Wildman–Crippen MR) is 150 cm³/mol. The van der Waals surface area contributed by atoms with E-state index in [2.05, 4.69) is 0 Å². The van der Waals surface area contributed by atoms with Crippen LogP contribution in [0.2, 0.25) is 0 Å². The van der Waals surface area contributed by atoms with Gasteiger partial charge in [0.1, 0.15) is 5.75 Å². The molecule has 2 rings (SSSR count). The topological polar surface area (TPSA) is 26.3 Å². The summed E-state index contributed by atoms with van der Waals surface area (Å²) in [6.45, 7) is 0. The van der Waals surface area contributed by atoms with E-state index in [4.69, 9.17) is 4.74 Å². The monoisotopic (exact) mass is 954 g/mol. The first-order chi connectivity index (χ1) is 26.0. The molecular weight excluding hydrogens is 938 g/mol. The summed E-state index contributed by atoms with van der Waals surface area (Å²) in [5.74, 6) is -79.9. The number of rotatable bonds is 18. The van der Waals surface area contributed by atoms with Gasteiger partial charge >= 0.3 is 77.5 Å². The quantitative estimate of drug-likeness (QED) is 0.0644. The van der Waals surface area contributed by atoms with Crippen LogP contribution in [0.1, 0.15) is 23.2 Å². The lowest BCUT2D eigenvalue weighted by Gasteiger charge is -2.39. The van der Waals surface area contributed by atoms with Crippen LogP contribution in [0.3, 0.4) is 0 Å². The molecule has 0 spiro atoms. The number of ether oxygens (including phenoxy) is 1. The maximum atomic E-state index is 14.0. The maximum absolute atomic E-state index is 14.0. The van der Waals surface area contributed by atoms with Crippen molar-refractivity contribution >= 4 is 29.5 Å². The molecule has 0 fully saturated rings. The van der Waals surface area contributed by atoms with Crippen molar-refractivity contribution in [2.24, 2.45) is 0 Å². The Bertz CT molecular complexity index is 1750. The van der Waals surface area contributed by atoms with E-state index in [0.29, 0.717) is 0 Å². The van der Waals surface area contributed by atoms with Gasteiger partial charge in [-0.15, -0.1) is 23.5 Å². The van der Waals surface area contributed by atoms with Crippen LogP contribution in [0.25, 0.3) is 0 Å². The third-order valence-electron chi connectivity index (χ3n) is 7.49. The third kappa shape index (κ3) is 9.21. The Kier molecular flexibility index (Phi) is 14.3. The Morgan fingerprint density at radius 1 is 0.390 bits per heavy atom. The molecule has 0 amide bonds. The van der Waals surface area contributed by atoms with E-state index < -0.39 is 113 Å². The summed E-state index contributed by atoms with van der Waals surface area (Å²) in [5, 5.41) is 0. The molecule has 2 nitrogen and oxygen atoms in total. The van der Waals surface area contributed by atoms with Gasteiger partial charge in [0.25, 0.3) is 0 Å². The lowest BCUT2D eigenvalue weighted by molar-refractivity contribution is -0.439. The summed E-state index contributed by atoms with van der Waals surface area (Å²) in [5.41, 5.74) is -0.421. The van der Waals surface area contributed by atoms with E-state index >= 15 is 0 Å². The van der Waals surface area contributed by atoms with Crippen molar-refractivity contribution in [2.75, 3.05) is 11.5 Å². The molecule has 0 atom stereocenters. The highest BCUT2D eigenvalue weighted by molar-refractivity contribution is 7.99. The number of benzene rings is 2. The lowest BCUT2D eigenvalue weighted by atomic mass is 9.93. The second-order valence-electron chi connectivity index (χ2n) is 11.6. The van der Waals surface area contributed by atoms with Gasteiger partial charge in [-0.3, -0.25) is 0 Å². The van der Waals surface area contributed by atoms with Crippen LogP contribution >= 0.6 is 23.5 Å². The van der Waals surface area contributed by atoms with Crippen LogP contribution < -0.4 is 4.74 Å². The van der Waals surface area contributed by atoms with Gasteiger partial charge < -0.3 is 4.74 Å². The highest BCUT2D eigenvalue weighted by Crippen LogP contribution is 2.62. The fourth-order valence-electron chi connectivity index (χ4n) is 3.97. The molecule has 338 valence electrons. The highest BCUT2D eigenvalue weighted by atomic mass is 32.2. The Labute approximate surface area is 319 Å². The molecule has 0 aliphatic rings. The fraction of sp³-hybridized carbons (Fsp3) is 0.552. The summed E-state index contributed by atoms with van der Waals surface area (Å²) in [7, 11) is 0. The highest BCUT2D eigenvalue weighted by Gasteiger charge is 2.92. The van der Waals surface area contributed by atoms with Gasteiger partial charge in [0.05, 0.1) is 5.56 Å². The standard InChI is InChI=1S/C29H16F26O2S2/c30-18(31,20(34,35)22(38,39)24(42,43)26(46,47)28(50,51)52)9-11-58-15-5-1-13(2-6-15)17(56)57-14-3-7-16(8-4-14)59-12-10-19(32,33)21(36,37)23(40,41)25(44,45)27(48,49)29(53,54)55/h1-8H,9-12H2. The average molecular weight is 955 g/mol. The molecule has 0 heterocycles. The first-order valence-corrected chi connectivity index (χ1v) is 16.6. The second kappa shape index (κ2) is 16.2. The normalized spacial score (nSPS) is 15.1. The molecule has 30 heteroatoms.